The molecule has 1 aliphatic heterocycles. The van der Waals surface area contributed by atoms with Gasteiger partial charge in [-0.25, -0.2) is 0 Å². The predicted molar refractivity (Wildman–Crippen MR) is 88.0 cm³/mol. The van der Waals surface area contributed by atoms with E-state index < -0.39 is 0 Å². The number of nitrogens with one attached hydrogen (secondary N) is 1. The molecule has 4 heteroatoms. The lowest BCUT2D eigenvalue weighted by atomic mass is 9.73. The van der Waals surface area contributed by atoms with Gasteiger partial charge in [-0.15, -0.1) is 0 Å². The molecule has 2 aliphatic rings. The van der Waals surface area contributed by atoms with Gasteiger partial charge < -0.3 is 14.8 Å². The second kappa shape index (κ2) is 6.17. The van der Waals surface area contributed by atoms with Crippen LogP contribution in [0.1, 0.15) is 45.1 Å². The fourth-order valence-corrected chi connectivity index (χ4v) is 3.98. The van der Waals surface area contributed by atoms with E-state index in [-0.39, 0.29) is 0 Å². The molecule has 0 radical (unpaired) electrons. The first-order valence-corrected chi connectivity index (χ1v) is 8.67. The summed E-state index contributed by atoms with van der Waals surface area (Å²) in [4.78, 5) is 0. The second-order valence-electron chi connectivity index (χ2n) is 6.77. The molecular formula is C17H24BrNO2. The molecule has 1 aliphatic carbocycles. The number of halogens is 1. The van der Waals surface area contributed by atoms with Gasteiger partial charge in [0.05, 0.1) is 4.47 Å². The number of fused-ring (bicyclic) bond motifs is 1. The minimum absolute atomic E-state index is 0.392. The van der Waals surface area contributed by atoms with Crippen LogP contribution in [0.5, 0.6) is 11.5 Å². The van der Waals surface area contributed by atoms with Crippen LogP contribution in [-0.4, -0.2) is 19.3 Å². The smallest absolute Gasteiger partial charge is 0.175 e. The molecule has 1 unspecified atom stereocenters. The van der Waals surface area contributed by atoms with Crippen molar-refractivity contribution >= 4 is 15.9 Å². The third-order valence-corrected chi connectivity index (χ3v) is 5.31. The molecule has 1 saturated carbocycles. The van der Waals surface area contributed by atoms with Gasteiger partial charge in [0.2, 0.25) is 0 Å². The van der Waals surface area contributed by atoms with Crippen LogP contribution >= 0.6 is 15.9 Å². The molecule has 0 amide bonds. The highest BCUT2D eigenvalue weighted by atomic mass is 79.9. The second-order valence-corrected chi connectivity index (χ2v) is 7.62. The fraction of sp³-hybridized carbons (Fsp3) is 0.647. The van der Waals surface area contributed by atoms with Gasteiger partial charge in [-0.2, -0.15) is 0 Å². The van der Waals surface area contributed by atoms with Crippen molar-refractivity contribution in [3.63, 3.8) is 0 Å². The molecule has 116 valence electrons. The molecule has 1 heterocycles. The number of benzene rings is 1. The lowest BCUT2D eigenvalue weighted by Crippen LogP contribution is -2.43. The summed E-state index contributed by atoms with van der Waals surface area (Å²) >= 11 is 3.59. The summed E-state index contributed by atoms with van der Waals surface area (Å²) in [5, 5.41) is 3.74. The molecule has 1 fully saturated rings. The van der Waals surface area contributed by atoms with Crippen molar-refractivity contribution in [1.29, 1.82) is 0 Å². The zero-order valence-electron chi connectivity index (χ0n) is 12.9. The van der Waals surface area contributed by atoms with E-state index in [1.807, 2.05) is 0 Å². The van der Waals surface area contributed by atoms with Crippen molar-refractivity contribution in [2.45, 2.75) is 52.1 Å². The monoisotopic (exact) mass is 353 g/mol. The number of hydrogen-bond donors (Lipinski definition) is 1. The SMILES string of the molecule is CC1(C)CCCCC1NCc1cc(Br)c2c(c1)OCCO2. The van der Waals surface area contributed by atoms with Crippen molar-refractivity contribution in [3.05, 3.63) is 22.2 Å². The van der Waals surface area contributed by atoms with Crippen LogP contribution in [0.2, 0.25) is 0 Å². The Morgan fingerprint density at radius 3 is 2.86 bits per heavy atom. The maximum atomic E-state index is 5.69. The number of ether oxygens (including phenoxy) is 2. The Kier molecular flexibility index (Phi) is 4.46. The van der Waals surface area contributed by atoms with Crippen LogP contribution in [0.25, 0.3) is 0 Å². The van der Waals surface area contributed by atoms with Crippen molar-refractivity contribution in [1.82, 2.24) is 5.32 Å². The van der Waals surface area contributed by atoms with Crippen LogP contribution in [0.4, 0.5) is 0 Å². The number of rotatable bonds is 3. The first-order valence-electron chi connectivity index (χ1n) is 7.88. The molecule has 1 atom stereocenters. The van der Waals surface area contributed by atoms with Gasteiger partial charge in [-0.3, -0.25) is 0 Å². The van der Waals surface area contributed by atoms with Gasteiger partial charge in [-0.1, -0.05) is 26.7 Å². The molecule has 3 rings (SSSR count). The Balaban J connectivity index is 1.69. The Morgan fingerprint density at radius 2 is 2.05 bits per heavy atom. The molecule has 0 spiro atoms. The van der Waals surface area contributed by atoms with Crippen LogP contribution in [0, 0.1) is 5.41 Å². The van der Waals surface area contributed by atoms with E-state index in [2.05, 4.69) is 47.2 Å². The summed E-state index contributed by atoms with van der Waals surface area (Å²) in [6.45, 7) is 6.89. The predicted octanol–water partition coefficient (Wildman–Crippen LogP) is 4.28. The average molecular weight is 354 g/mol. The lowest BCUT2D eigenvalue weighted by molar-refractivity contribution is 0.165. The third kappa shape index (κ3) is 3.37. The van der Waals surface area contributed by atoms with E-state index in [0.29, 0.717) is 24.7 Å². The van der Waals surface area contributed by atoms with Crippen LogP contribution in [-0.2, 0) is 6.54 Å². The fourth-order valence-electron chi connectivity index (χ4n) is 3.38. The highest BCUT2D eigenvalue weighted by molar-refractivity contribution is 9.10. The van der Waals surface area contributed by atoms with Gasteiger partial charge >= 0.3 is 0 Å². The van der Waals surface area contributed by atoms with Gasteiger partial charge in [0.25, 0.3) is 0 Å². The van der Waals surface area contributed by atoms with Crippen molar-refractivity contribution in [2.75, 3.05) is 13.2 Å². The lowest BCUT2D eigenvalue weighted by Gasteiger charge is -2.39. The molecule has 0 bridgehead atoms. The van der Waals surface area contributed by atoms with Crippen LogP contribution in [0.3, 0.4) is 0 Å². The molecule has 0 saturated heterocycles. The summed E-state index contributed by atoms with van der Waals surface area (Å²) in [5.41, 5.74) is 1.64. The van der Waals surface area contributed by atoms with E-state index in [4.69, 9.17) is 9.47 Å². The zero-order valence-corrected chi connectivity index (χ0v) is 14.5. The largest absolute Gasteiger partial charge is 0.486 e. The topological polar surface area (TPSA) is 30.5 Å². The van der Waals surface area contributed by atoms with Crippen molar-refractivity contribution in [3.8, 4) is 11.5 Å². The van der Waals surface area contributed by atoms with Gasteiger partial charge in [0.1, 0.15) is 13.2 Å². The zero-order chi connectivity index (χ0) is 14.9. The first kappa shape index (κ1) is 15.2. The number of hydrogen-bond acceptors (Lipinski definition) is 3. The van der Waals surface area contributed by atoms with E-state index in [9.17, 15) is 0 Å². The van der Waals surface area contributed by atoms with Crippen molar-refractivity contribution < 1.29 is 9.47 Å². The average Bonchev–Trinajstić information content (AvgIpc) is 2.46. The molecule has 21 heavy (non-hydrogen) atoms. The standard InChI is InChI=1S/C17H24BrNO2/c1-17(2)6-4-3-5-15(17)19-11-12-9-13(18)16-14(10-12)20-7-8-21-16/h9-10,15,19H,3-8,11H2,1-2H3. The summed E-state index contributed by atoms with van der Waals surface area (Å²) < 4.78 is 12.3. The Hall–Kier alpha value is -0.740. The quantitative estimate of drug-likeness (QED) is 0.879. The maximum absolute atomic E-state index is 5.69. The first-order chi connectivity index (χ1) is 10.1. The van der Waals surface area contributed by atoms with Crippen LogP contribution in [0.15, 0.2) is 16.6 Å². The summed E-state index contributed by atoms with van der Waals surface area (Å²) in [6.07, 6.45) is 5.29. The Labute approximate surface area is 135 Å². The van der Waals surface area contributed by atoms with Gasteiger partial charge in [0.15, 0.2) is 11.5 Å². The molecule has 0 aromatic heterocycles. The normalized spacial score (nSPS) is 23.9. The van der Waals surface area contributed by atoms with Gasteiger partial charge in [0, 0.05) is 12.6 Å². The molecule has 1 aromatic carbocycles. The summed E-state index contributed by atoms with van der Waals surface area (Å²) in [7, 11) is 0. The summed E-state index contributed by atoms with van der Waals surface area (Å²) in [6, 6.07) is 4.83. The van der Waals surface area contributed by atoms with Gasteiger partial charge in [-0.05, 0) is 51.9 Å². The van der Waals surface area contributed by atoms with E-state index >= 15 is 0 Å². The minimum Gasteiger partial charge on any atom is -0.486 e. The third-order valence-electron chi connectivity index (χ3n) is 4.72. The van der Waals surface area contributed by atoms with Crippen LogP contribution < -0.4 is 14.8 Å². The Morgan fingerprint density at radius 1 is 1.24 bits per heavy atom. The highest BCUT2D eigenvalue weighted by Gasteiger charge is 2.31. The van der Waals surface area contributed by atoms with E-state index in [1.54, 1.807) is 0 Å². The molecule has 3 nitrogen and oxygen atoms in total. The summed E-state index contributed by atoms with van der Waals surface area (Å²) in [5.74, 6) is 1.69. The molecule has 1 N–H and O–H groups in total. The molecule has 1 aromatic rings. The molecular weight excluding hydrogens is 330 g/mol. The van der Waals surface area contributed by atoms with E-state index in [1.165, 1.54) is 31.2 Å². The van der Waals surface area contributed by atoms with Crippen molar-refractivity contribution in [2.24, 2.45) is 5.41 Å². The highest BCUT2D eigenvalue weighted by Crippen LogP contribution is 2.39. The Bertz CT molecular complexity index is 516. The minimum atomic E-state index is 0.392. The van der Waals surface area contributed by atoms with E-state index in [0.717, 1.165) is 22.5 Å². The maximum Gasteiger partial charge on any atom is 0.175 e.